The Balaban J connectivity index is 0.00000312. The van der Waals surface area contributed by atoms with E-state index in [-0.39, 0.29) is 24.0 Å². The number of aliphatic imine (C=N–C) groups is 1. The summed E-state index contributed by atoms with van der Waals surface area (Å²) in [6, 6.07) is 11.6. The van der Waals surface area contributed by atoms with Crippen LogP contribution in [0, 0.1) is 0 Å². The Hall–Kier alpha value is -1.74. The summed E-state index contributed by atoms with van der Waals surface area (Å²) in [5.74, 6) is 2.34. The molecule has 0 saturated heterocycles. The maximum absolute atomic E-state index is 5.71. The predicted octanol–water partition coefficient (Wildman–Crippen LogP) is 3.89. The van der Waals surface area contributed by atoms with Crippen molar-refractivity contribution >= 4 is 35.6 Å². The van der Waals surface area contributed by atoms with Crippen molar-refractivity contribution in [2.24, 2.45) is 4.99 Å². The Labute approximate surface area is 166 Å². The molecular weight excluding hydrogens is 433 g/mol. The molecule has 0 bridgehead atoms. The first-order valence-corrected chi connectivity index (χ1v) is 8.11. The van der Waals surface area contributed by atoms with E-state index in [1.807, 2.05) is 43.3 Å². The summed E-state index contributed by atoms with van der Waals surface area (Å²) >= 11 is 0. The third-order valence-electron chi connectivity index (χ3n) is 3.18. The van der Waals surface area contributed by atoms with Gasteiger partial charge in [-0.25, -0.2) is 4.99 Å². The summed E-state index contributed by atoms with van der Waals surface area (Å²) in [4.78, 5) is 4.51. The van der Waals surface area contributed by atoms with Crippen LogP contribution in [0.5, 0.6) is 5.75 Å². The maximum Gasteiger partial charge on any atom is 0.196 e. The minimum atomic E-state index is 0. The summed E-state index contributed by atoms with van der Waals surface area (Å²) in [7, 11) is 1.69. The van der Waals surface area contributed by atoms with Crippen molar-refractivity contribution < 1.29 is 13.9 Å². The third kappa shape index (κ3) is 8.26. The highest BCUT2D eigenvalue weighted by atomic mass is 127. The summed E-state index contributed by atoms with van der Waals surface area (Å²) in [6.07, 6.45) is 2.51. The SMILES string of the molecule is CCNC(=NCc1ccco1)Nc1cccc(OCCCOC)c1.I. The number of methoxy groups -OCH3 is 1. The van der Waals surface area contributed by atoms with Crippen LogP contribution in [0.25, 0.3) is 0 Å². The van der Waals surface area contributed by atoms with Crippen LogP contribution in [-0.2, 0) is 11.3 Å². The van der Waals surface area contributed by atoms with E-state index in [4.69, 9.17) is 13.9 Å². The number of halogens is 1. The average Bonchev–Trinajstić information content (AvgIpc) is 3.11. The van der Waals surface area contributed by atoms with Crippen LogP contribution in [0.4, 0.5) is 5.69 Å². The molecule has 138 valence electrons. The van der Waals surface area contributed by atoms with Crippen molar-refractivity contribution in [2.75, 3.05) is 32.2 Å². The van der Waals surface area contributed by atoms with E-state index in [0.29, 0.717) is 25.7 Å². The van der Waals surface area contributed by atoms with Crippen LogP contribution in [0.2, 0.25) is 0 Å². The van der Waals surface area contributed by atoms with E-state index in [9.17, 15) is 0 Å². The molecule has 1 heterocycles. The monoisotopic (exact) mass is 459 g/mol. The minimum absolute atomic E-state index is 0. The number of benzene rings is 1. The number of guanidine groups is 1. The molecule has 0 spiro atoms. The van der Waals surface area contributed by atoms with Gasteiger partial charge in [0.15, 0.2) is 5.96 Å². The highest BCUT2D eigenvalue weighted by molar-refractivity contribution is 14.0. The molecule has 2 aromatic rings. The van der Waals surface area contributed by atoms with E-state index < -0.39 is 0 Å². The molecule has 0 aliphatic heterocycles. The van der Waals surface area contributed by atoms with Crippen LogP contribution in [0.15, 0.2) is 52.1 Å². The van der Waals surface area contributed by atoms with Gasteiger partial charge in [-0.05, 0) is 31.2 Å². The zero-order valence-electron chi connectivity index (χ0n) is 14.7. The smallest absolute Gasteiger partial charge is 0.196 e. The normalized spacial score (nSPS) is 10.9. The predicted molar refractivity (Wildman–Crippen MR) is 111 cm³/mol. The van der Waals surface area contributed by atoms with Gasteiger partial charge in [-0.1, -0.05) is 6.07 Å². The van der Waals surface area contributed by atoms with Crippen LogP contribution < -0.4 is 15.4 Å². The lowest BCUT2D eigenvalue weighted by atomic mass is 10.3. The van der Waals surface area contributed by atoms with E-state index in [1.165, 1.54) is 0 Å². The molecule has 6 nitrogen and oxygen atoms in total. The summed E-state index contributed by atoms with van der Waals surface area (Å²) < 4.78 is 16.0. The number of hydrogen-bond acceptors (Lipinski definition) is 4. The molecule has 0 unspecified atom stereocenters. The fourth-order valence-corrected chi connectivity index (χ4v) is 2.06. The Morgan fingerprint density at radius 2 is 2.08 bits per heavy atom. The standard InChI is InChI=1S/C18H25N3O3.HI/c1-3-19-18(20-14-17-9-5-11-24-17)21-15-7-4-8-16(13-15)23-12-6-10-22-2;/h4-5,7-9,11,13H,3,6,10,12,14H2,1-2H3,(H2,19,20,21);1H. The van der Waals surface area contributed by atoms with Gasteiger partial charge in [0.05, 0.1) is 12.9 Å². The Morgan fingerprint density at radius 1 is 1.20 bits per heavy atom. The van der Waals surface area contributed by atoms with Crippen LogP contribution in [0.3, 0.4) is 0 Å². The first-order chi connectivity index (χ1) is 11.8. The van der Waals surface area contributed by atoms with Crippen molar-refractivity contribution in [3.8, 4) is 5.75 Å². The fraction of sp³-hybridized carbons (Fsp3) is 0.389. The first-order valence-electron chi connectivity index (χ1n) is 8.11. The third-order valence-corrected chi connectivity index (χ3v) is 3.18. The van der Waals surface area contributed by atoms with Crippen molar-refractivity contribution in [1.82, 2.24) is 5.32 Å². The Morgan fingerprint density at radius 3 is 2.80 bits per heavy atom. The van der Waals surface area contributed by atoms with Gasteiger partial charge in [-0.15, -0.1) is 24.0 Å². The van der Waals surface area contributed by atoms with Gasteiger partial charge in [0.1, 0.15) is 18.1 Å². The number of nitrogens with one attached hydrogen (secondary N) is 2. The molecule has 0 atom stereocenters. The van der Waals surface area contributed by atoms with Gasteiger partial charge in [-0.2, -0.15) is 0 Å². The van der Waals surface area contributed by atoms with E-state index >= 15 is 0 Å². The summed E-state index contributed by atoms with van der Waals surface area (Å²) in [5.41, 5.74) is 0.915. The molecule has 1 aromatic heterocycles. The second-order valence-corrected chi connectivity index (χ2v) is 5.12. The van der Waals surface area contributed by atoms with Gasteiger partial charge in [-0.3, -0.25) is 0 Å². The molecule has 0 radical (unpaired) electrons. The molecule has 7 heteroatoms. The van der Waals surface area contributed by atoms with Crippen LogP contribution in [-0.4, -0.2) is 32.8 Å². The fourth-order valence-electron chi connectivity index (χ4n) is 2.06. The molecular formula is C18H26IN3O3. The van der Waals surface area contributed by atoms with Crippen LogP contribution in [0.1, 0.15) is 19.1 Å². The molecule has 0 aliphatic carbocycles. The summed E-state index contributed by atoms with van der Waals surface area (Å²) in [5, 5.41) is 6.49. The Bertz CT molecular complexity index is 618. The second-order valence-electron chi connectivity index (χ2n) is 5.12. The van der Waals surface area contributed by atoms with E-state index in [0.717, 1.165) is 30.2 Å². The van der Waals surface area contributed by atoms with Crippen LogP contribution >= 0.6 is 24.0 Å². The molecule has 0 amide bonds. The molecule has 1 aromatic carbocycles. The second kappa shape index (κ2) is 12.6. The van der Waals surface area contributed by atoms with Gasteiger partial charge >= 0.3 is 0 Å². The van der Waals surface area contributed by atoms with Gasteiger partial charge < -0.3 is 24.5 Å². The highest BCUT2D eigenvalue weighted by Crippen LogP contribution is 2.17. The van der Waals surface area contributed by atoms with Crippen molar-refractivity contribution in [3.05, 3.63) is 48.4 Å². The largest absolute Gasteiger partial charge is 0.493 e. The highest BCUT2D eigenvalue weighted by Gasteiger charge is 2.02. The molecule has 0 aliphatic rings. The number of nitrogens with zero attached hydrogens (tertiary/aromatic N) is 1. The van der Waals surface area contributed by atoms with Gasteiger partial charge in [0.25, 0.3) is 0 Å². The number of rotatable bonds is 9. The van der Waals surface area contributed by atoms with Crippen molar-refractivity contribution in [3.63, 3.8) is 0 Å². The lowest BCUT2D eigenvalue weighted by Gasteiger charge is -2.12. The van der Waals surface area contributed by atoms with Crippen molar-refractivity contribution in [2.45, 2.75) is 19.9 Å². The maximum atomic E-state index is 5.71. The summed E-state index contributed by atoms with van der Waals surface area (Å²) in [6.45, 7) is 4.61. The minimum Gasteiger partial charge on any atom is -0.493 e. The number of ether oxygens (including phenoxy) is 2. The molecule has 0 fully saturated rings. The van der Waals surface area contributed by atoms with E-state index in [1.54, 1.807) is 13.4 Å². The number of furan rings is 1. The lowest BCUT2D eigenvalue weighted by molar-refractivity contribution is 0.172. The molecule has 2 N–H and O–H groups in total. The first kappa shape index (κ1) is 21.3. The molecule has 2 rings (SSSR count). The molecule has 25 heavy (non-hydrogen) atoms. The molecule has 0 saturated carbocycles. The number of hydrogen-bond donors (Lipinski definition) is 2. The van der Waals surface area contributed by atoms with Gasteiger partial charge in [0.2, 0.25) is 0 Å². The number of anilines is 1. The van der Waals surface area contributed by atoms with E-state index in [2.05, 4.69) is 15.6 Å². The van der Waals surface area contributed by atoms with Gasteiger partial charge in [0, 0.05) is 38.4 Å². The lowest BCUT2D eigenvalue weighted by Crippen LogP contribution is -2.30. The average molecular weight is 459 g/mol. The Kier molecular flexibility index (Phi) is 10.7. The zero-order valence-corrected chi connectivity index (χ0v) is 17.0. The topological polar surface area (TPSA) is 68.0 Å². The van der Waals surface area contributed by atoms with Crippen molar-refractivity contribution in [1.29, 1.82) is 0 Å². The zero-order chi connectivity index (χ0) is 17.0. The quantitative estimate of drug-likeness (QED) is 0.258.